The van der Waals surface area contributed by atoms with Crippen LogP contribution in [0.3, 0.4) is 0 Å². The highest BCUT2D eigenvalue weighted by Gasteiger charge is 2.21. The number of likely N-dealkylation sites (tertiary alicyclic amines) is 1. The average Bonchev–Trinajstić information content (AvgIpc) is 3.15. The molecular weight excluding hydrogens is 236 g/mol. The fourth-order valence-electron chi connectivity index (χ4n) is 2.91. The van der Waals surface area contributed by atoms with Crippen LogP contribution < -0.4 is 5.32 Å². The largest absolute Gasteiger partial charge is 0.333 e. The molecule has 106 valence electrons. The van der Waals surface area contributed by atoms with Crippen LogP contribution in [0.5, 0.6) is 0 Å². The van der Waals surface area contributed by atoms with Crippen molar-refractivity contribution in [1.29, 1.82) is 0 Å². The first-order valence-corrected chi connectivity index (χ1v) is 7.72. The van der Waals surface area contributed by atoms with Crippen molar-refractivity contribution in [3.63, 3.8) is 0 Å². The molecular formula is C15H26N4. The molecule has 1 aromatic heterocycles. The zero-order valence-electron chi connectivity index (χ0n) is 12.0. The summed E-state index contributed by atoms with van der Waals surface area (Å²) in [6, 6.07) is 0.775. The predicted octanol–water partition coefficient (Wildman–Crippen LogP) is 1.87. The Morgan fingerprint density at radius 3 is 2.79 bits per heavy atom. The van der Waals surface area contributed by atoms with Crippen molar-refractivity contribution in [2.45, 2.75) is 51.2 Å². The minimum Gasteiger partial charge on any atom is -0.333 e. The third kappa shape index (κ3) is 3.80. The van der Waals surface area contributed by atoms with Gasteiger partial charge in [0, 0.05) is 25.3 Å². The van der Waals surface area contributed by atoms with Gasteiger partial charge in [-0.15, -0.1) is 0 Å². The molecule has 4 heteroatoms. The molecule has 1 N–H and O–H groups in total. The molecule has 3 rings (SSSR count). The number of nitrogens with one attached hydrogen (secondary N) is 1. The minimum absolute atomic E-state index is 0.775. The van der Waals surface area contributed by atoms with Gasteiger partial charge in [0.15, 0.2) is 0 Å². The number of hydrogen-bond acceptors (Lipinski definition) is 3. The second kappa shape index (κ2) is 6.06. The molecule has 1 aliphatic carbocycles. The van der Waals surface area contributed by atoms with Gasteiger partial charge in [-0.25, -0.2) is 4.98 Å². The fraction of sp³-hybridized carbons (Fsp3) is 0.800. The average molecular weight is 262 g/mol. The molecule has 1 saturated heterocycles. The summed E-state index contributed by atoms with van der Waals surface area (Å²) in [5.41, 5.74) is 1.35. The lowest BCUT2D eigenvalue weighted by Gasteiger charge is -2.29. The summed E-state index contributed by atoms with van der Waals surface area (Å²) < 4.78 is 2.34. The van der Waals surface area contributed by atoms with E-state index < -0.39 is 0 Å². The summed E-state index contributed by atoms with van der Waals surface area (Å²) in [6.07, 6.45) is 10.7. The quantitative estimate of drug-likeness (QED) is 0.849. The van der Waals surface area contributed by atoms with E-state index in [0.29, 0.717) is 0 Å². The summed E-state index contributed by atoms with van der Waals surface area (Å²) >= 11 is 0. The van der Waals surface area contributed by atoms with E-state index in [-0.39, 0.29) is 0 Å². The molecule has 0 spiro atoms. The van der Waals surface area contributed by atoms with E-state index in [0.717, 1.165) is 25.0 Å². The molecule has 0 radical (unpaired) electrons. The van der Waals surface area contributed by atoms with Crippen molar-refractivity contribution in [2.24, 2.45) is 5.92 Å². The highest BCUT2D eigenvalue weighted by molar-refractivity contribution is 4.99. The number of nitrogens with zero attached hydrogens (tertiary/aromatic N) is 3. The van der Waals surface area contributed by atoms with Gasteiger partial charge < -0.3 is 14.8 Å². The van der Waals surface area contributed by atoms with Crippen molar-refractivity contribution >= 4 is 0 Å². The van der Waals surface area contributed by atoms with Gasteiger partial charge in [0.2, 0.25) is 0 Å². The lowest BCUT2D eigenvalue weighted by Crippen LogP contribution is -2.30. The van der Waals surface area contributed by atoms with E-state index in [1.165, 1.54) is 50.9 Å². The van der Waals surface area contributed by atoms with E-state index in [4.69, 9.17) is 0 Å². The molecule has 2 heterocycles. The Kier molecular flexibility index (Phi) is 4.18. The van der Waals surface area contributed by atoms with Crippen LogP contribution >= 0.6 is 0 Å². The van der Waals surface area contributed by atoms with Gasteiger partial charge in [-0.2, -0.15) is 0 Å². The Labute approximate surface area is 116 Å². The first-order valence-electron chi connectivity index (χ1n) is 7.72. The number of hydrogen-bond donors (Lipinski definition) is 1. The van der Waals surface area contributed by atoms with E-state index >= 15 is 0 Å². The fourth-order valence-corrected chi connectivity index (χ4v) is 2.91. The number of aromatic nitrogens is 2. The highest BCUT2D eigenvalue weighted by Crippen LogP contribution is 2.21. The number of aryl methyl sites for hydroxylation is 1. The Balaban J connectivity index is 1.45. The number of rotatable bonds is 6. The summed E-state index contributed by atoms with van der Waals surface area (Å²) in [6.45, 7) is 4.66. The summed E-state index contributed by atoms with van der Waals surface area (Å²) in [7, 11) is 2.23. The third-order valence-electron chi connectivity index (χ3n) is 4.56. The van der Waals surface area contributed by atoms with Gasteiger partial charge in [-0.3, -0.25) is 0 Å². The van der Waals surface area contributed by atoms with Crippen molar-refractivity contribution in [3.8, 4) is 0 Å². The van der Waals surface area contributed by atoms with Crippen LogP contribution in [-0.4, -0.2) is 40.6 Å². The van der Waals surface area contributed by atoms with Crippen LogP contribution in [0.1, 0.15) is 37.8 Å². The number of imidazole rings is 1. The van der Waals surface area contributed by atoms with Crippen LogP contribution in [-0.2, 0) is 13.1 Å². The van der Waals surface area contributed by atoms with Crippen LogP contribution in [0.25, 0.3) is 0 Å². The molecule has 19 heavy (non-hydrogen) atoms. The Bertz CT molecular complexity index is 389. The van der Waals surface area contributed by atoms with Gasteiger partial charge in [-0.05, 0) is 58.2 Å². The maximum Gasteiger partial charge on any atom is 0.0948 e. The van der Waals surface area contributed by atoms with Crippen LogP contribution in [0.4, 0.5) is 0 Å². The topological polar surface area (TPSA) is 33.1 Å². The third-order valence-corrected chi connectivity index (χ3v) is 4.56. The molecule has 0 amide bonds. The van der Waals surface area contributed by atoms with Crippen LogP contribution in [0, 0.1) is 5.92 Å². The molecule has 4 nitrogen and oxygen atoms in total. The Hall–Kier alpha value is -0.870. The number of piperidine rings is 1. The Morgan fingerprint density at radius 2 is 2.05 bits per heavy atom. The predicted molar refractivity (Wildman–Crippen MR) is 76.9 cm³/mol. The van der Waals surface area contributed by atoms with E-state index in [2.05, 4.69) is 26.8 Å². The van der Waals surface area contributed by atoms with Crippen LogP contribution in [0.2, 0.25) is 0 Å². The Morgan fingerprint density at radius 1 is 1.26 bits per heavy atom. The first-order chi connectivity index (χ1) is 9.31. The van der Waals surface area contributed by atoms with Gasteiger partial charge in [0.05, 0.1) is 12.0 Å². The maximum atomic E-state index is 4.31. The normalized spacial score (nSPS) is 21.9. The molecule has 2 aliphatic rings. The molecule has 1 aromatic rings. The molecule has 1 aliphatic heterocycles. The van der Waals surface area contributed by atoms with Gasteiger partial charge in [-0.1, -0.05) is 0 Å². The van der Waals surface area contributed by atoms with E-state index in [1.54, 1.807) is 0 Å². The van der Waals surface area contributed by atoms with E-state index in [9.17, 15) is 0 Å². The van der Waals surface area contributed by atoms with Crippen LogP contribution in [0.15, 0.2) is 12.5 Å². The molecule has 1 saturated carbocycles. The van der Waals surface area contributed by atoms with Crippen molar-refractivity contribution in [2.75, 3.05) is 20.1 Å². The summed E-state index contributed by atoms with van der Waals surface area (Å²) in [5, 5.41) is 3.58. The van der Waals surface area contributed by atoms with Gasteiger partial charge in [0.1, 0.15) is 0 Å². The molecule has 2 fully saturated rings. The molecule has 0 unspecified atom stereocenters. The summed E-state index contributed by atoms with van der Waals surface area (Å²) in [5.74, 6) is 0.905. The lowest BCUT2D eigenvalue weighted by atomic mass is 9.94. The smallest absolute Gasteiger partial charge is 0.0948 e. The van der Waals surface area contributed by atoms with Crippen molar-refractivity contribution in [1.82, 2.24) is 19.8 Å². The lowest BCUT2D eigenvalue weighted by molar-refractivity contribution is 0.207. The molecule has 0 bridgehead atoms. The second-order valence-corrected chi connectivity index (χ2v) is 6.27. The minimum atomic E-state index is 0.775. The molecule has 0 atom stereocenters. The van der Waals surface area contributed by atoms with Crippen molar-refractivity contribution < 1.29 is 0 Å². The first kappa shape index (κ1) is 13.1. The second-order valence-electron chi connectivity index (χ2n) is 6.27. The van der Waals surface area contributed by atoms with Gasteiger partial charge in [0.25, 0.3) is 0 Å². The summed E-state index contributed by atoms with van der Waals surface area (Å²) in [4.78, 5) is 6.75. The van der Waals surface area contributed by atoms with E-state index in [1.807, 2.05) is 12.5 Å². The van der Waals surface area contributed by atoms with Crippen molar-refractivity contribution in [3.05, 3.63) is 18.2 Å². The monoisotopic (exact) mass is 262 g/mol. The molecule has 0 aromatic carbocycles. The zero-order valence-corrected chi connectivity index (χ0v) is 12.0. The highest BCUT2D eigenvalue weighted by atomic mass is 15.1. The van der Waals surface area contributed by atoms with Gasteiger partial charge >= 0.3 is 0 Å². The SMILES string of the molecule is CN1CCC(CCn2cncc2CNC2CC2)CC1. The standard InChI is InChI=1S/C15H26N4/c1-18-7-4-13(5-8-18)6-9-19-12-16-10-15(19)11-17-14-2-3-14/h10,12-14,17H,2-9,11H2,1H3. The zero-order chi connectivity index (χ0) is 13.1. The maximum absolute atomic E-state index is 4.31.